The molecule has 3 aromatic rings. The molecule has 0 unspecified atom stereocenters. The lowest BCUT2D eigenvalue weighted by Crippen LogP contribution is -2.74. The van der Waals surface area contributed by atoms with E-state index in [1.807, 2.05) is 37.4 Å². The lowest BCUT2D eigenvalue weighted by molar-refractivity contribution is -0.168. The van der Waals surface area contributed by atoms with Crippen LogP contribution in [0.4, 0.5) is 0 Å². The Morgan fingerprint density at radius 3 is 2.93 bits per heavy atom. The largest absolute Gasteiger partial charge is 0.504 e. The van der Waals surface area contributed by atoms with Gasteiger partial charge < -0.3 is 24.8 Å². The molecular weight excluding hydrogens is 380 g/mol. The van der Waals surface area contributed by atoms with Gasteiger partial charge in [-0.05, 0) is 50.2 Å². The topological polar surface area (TPSA) is 85.8 Å². The van der Waals surface area contributed by atoms with Gasteiger partial charge in [-0.25, -0.2) is 0 Å². The molecule has 6 nitrogen and oxygen atoms in total. The molecular formula is C24H22N2O4. The van der Waals surface area contributed by atoms with Gasteiger partial charge in [0.15, 0.2) is 23.0 Å². The van der Waals surface area contributed by atoms with Crippen molar-refractivity contribution in [2.45, 2.75) is 42.4 Å². The first-order valence-electron chi connectivity index (χ1n) is 10.5. The first-order chi connectivity index (χ1) is 14.5. The zero-order valence-electron chi connectivity index (χ0n) is 16.6. The Labute approximate surface area is 172 Å². The minimum Gasteiger partial charge on any atom is -0.504 e. The maximum absolute atomic E-state index is 13.5. The number of nitrogens with zero attached hydrogens (tertiary/aromatic N) is 1. The van der Waals surface area contributed by atoms with Crippen LogP contribution in [0.2, 0.25) is 0 Å². The number of rotatable bonds is 0. The molecule has 0 radical (unpaired) electrons. The molecule has 4 aliphatic rings. The summed E-state index contributed by atoms with van der Waals surface area (Å²) in [4.78, 5) is 19.2. The Hall–Kier alpha value is -2.83. The van der Waals surface area contributed by atoms with Crippen molar-refractivity contribution in [3.8, 4) is 11.5 Å². The van der Waals surface area contributed by atoms with Crippen molar-refractivity contribution in [2.24, 2.45) is 0 Å². The predicted octanol–water partition coefficient (Wildman–Crippen LogP) is 2.15. The lowest BCUT2D eigenvalue weighted by atomic mass is 9.49. The van der Waals surface area contributed by atoms with E-state index in [2.05, 4.69) is 9.88 Å². The van der Waals surface area contributed by atoms with Crippen LogP contribution in [0.25, 0.3) is 10.9 Å². The number of H-pyrrole nitrogens is 1. The van der Waals surface area contributed by atoms with E-state index in [0.717, 1.165) is 28.9 Å². The monoisotopic (exact) mass is 402 g/mol. The van der Waals surface area contributed by atoms with Crippen molar-refractivity contribution >= 4 is 10.9 Å². The fraction of sp³-hybridized carbons (Fsp3) is 0.375. The van der Waals surface area contributed by atoms with E-state index in [1.165, 1.54) is 0 Å². The molecule has 6 heteroatoms. The predicted molar refractivity (Wildman–Crippen MR) is 111 cm³/mol. The van der Waals surface area contributed by atoms with E-state index in [9.17, 15) is 15.0 Å². The van der Waals surface area contributed by atoms with Crippen LogP contribution in [0.3, 0.4) is 0 Å². The number of hydrogen-bond donors (Lipinski definition) is 3. The fourth-order valence-corrected chi connectivity index (χ4v) is 6.91. The van der Waals surface area contributed by atoms with Crippen molar-refractivity contribution in [2.75, 3.05) is 13.6 Å². The Kier molecular flexibility index (Phi) is 2.86. The highest BCUT2D eigenvalue weighted by atomic mass is 16.5. The summed E-state index contributed by atoms with van der Waals surface area (Å²) < 4.78 is 6.44. The number of hydrogen-bond acceptors (Lipinski definition) is 5. The third kappa shape index (κ3) is 1.62. The van der Waals surface area contributed by atoms with Crippen molar-refractivity contribution in [1.29, 1.82) is 0 Å². The van der Waals surface area contributed by atoms with Gasteiger partial charge in [-0.2, -0.15) is 0 Å². The van der Waals surface area contributed by atoms with E-state index in [0.29, 0.717) is 29.5 Å². The maximum Gasteiger partial charge on any atom is 0.193 e. The van der Waals surface area contributed by atoms with E-state index in [-0.39, 0.29) is 23.6 Å². The van der Waals surface area contributed by atoms with Crippen LogP contribution in [0, 0.1) is 0 Å². The number of phenols is 1. The highest BCUT2D eigenvalue weighted by molar-refractivity contribution is 5.80. The first-order valence-corrected chi connectivity index (χ1v) is 10.5. The molecule has 2 aliphatic heterocycles. The quantitative estimate of drug-likeness (QED) is 0.537. The summed E-state index contributed by atoms with van der Waals surface area (Å²) >= 11 is 0. The number of likely N-dealkylation sites (N-methyl/N-ethyl adjacent to an activating group) is 1. The second kappa shape index (κ2) is 5.07. The molecule has 0 saturated carbocycles. The molecule has 2 aromatic carbocycles. The number of aromatic amines is 1. The zero-order chi connectivity index (χ0) is 20.4. The van der Waals surface area contributed by atoms with Crippen LogP contribution in [-0.4, -0.2) is 45.3 Å². The second-order valence-corrected chi connectivity index (χ2v) is 9.36. The standard InChI is InChI=1S/C24H22N2O4/c1-26-9-8-23-18-12-6-7-16(27)21(18)30-22(23)19-14(11-24(23,29)17(26)10-12)20(28)13-4-2-3-5-15(13)25-19/h2-7,17,22,27,29H,8-11H2,1H3,(H,25,28)/t17-,22-,23-,24+/m0/s1. The van der Waals surface area contributed by atoms with Crippen molar-refractivity contribution < 1.29 is 14.9 Å². The summed E-state index contributed by atoms with van der Waals surface area (Å²) in [5, 5.41) is 23.6. The average molecular weight is 402 g/mol. The number of fused-ring (bicyclic) bond motifs is 3. The van der Waals surface area contributed by atoms with Crippen LogP contribution in [-0.2, 0) is 18.3 Å². The summed E-state index contributed by atoms with van der Waals surface area (Å²) in [6.45, 7) is 0.828. The minimum absolute atomic E-state index is 0.0436. The van der Waals surface area contributed by atoms with Gasteiger partial charge in [0.25, 0.3) is 0 Å². The van der Waals surface area contributed by atoms with Crippen LogP contribution >= 0.6 is 0 Å². The highest BCUT2D eigenvalue weighted by Gasteiger charge is 2.72. The summed E-state index contributed by atoms with van der Waals surface area (Å²) in [5.41, 5.74) is 2.33. The number of nitrogens with one attached hydrogen (secondary N) is 1. The number of aliphatic hydroxyl groups is 1. The van der Waals surface area contributed by atoms with E-state index in [4.69, 9.17) is 4.74 Å². The number of ether oxygens (including phenoxy) is 1. The molecule has 1 saturated heterocycles. The normalized spacial score (nSPS) is 33.1. The van der Waals surface area contributed by atoms with Crippen molar-refractivity contribution in [3.05, 3.63) is 69.0 Å². The Morgan fingerprint density at radius 1 is 1.23 bits per heavy atom. The third-order valence-corrected chi connectivity index (χ3v) is 8.23. The SMILES string of the molecule is CN1CC[C@]23c4c5ccc(O)c4O[C@H]2c2[nH]c4ccccc4c(=O)c2C[C@@]3(O)[C@@H]1C5. The number of piperidine rings is 1. The number of phenolic OH excluding ortho intramolecular Hbond substituents is 1. The number of para-hydroxylation sites is 1. The van der Waals surface area contributed by atoms with Gasteiger partial charge >= 0.3 is 0 Å². The third-order valence-electron chi connectivity index (χ3n) is 8.23. The van der Waals surface area contributed by atoms with Gasteiger partial charge in [0.05, 0.1) is 16.7 Å². The average Bonchev–Trinajstić information content (AvgIpc) is 3.09. The molecule has 152 valence electrons. The van der Waals surface area contributed by atoms with E-state index < -0.39 is 17.1 Å². The molecule has 2 bridgehead atoms. The fourth-order valence-electron chi connectivity index (χ4n) is 6.91. The summed E-state index contributed by atoms with van der Waals surface area (Å²) in [6, 6.07) is 11.0. The molecule has 3 heterocycles. The number of likely N-dealkylation sites (tertiary alicyclic amines) is 1. The second-order valence-electron chi connectivity index (χ2n) is 9.36. The zero-order valence-corrected chi connectivity index (χ0v) is 16.6. The summed E-state index contributed by atoms with van der Waals surface area (Å²) in [5.74, 6) is 0.572. The van der Waals surface area contributed by atoms with E-state index >= 15 is 0 Å². The molecule has 4 atom stereocenters. The van der Waals surface area contributed by atoms with Gasteiger partial charge in [0.1, 0.15) is 0 Å². The molecule has 1 aromatic heterocycles. The molecule has 1 fully saturated rings. The Morgan fingerprint density at radius 2 is 2.07 bits per heavy atom. The molecule has 7 rings (SSSR count). The number of benzene rings is 2. The van der Waals surface area contributed by atoms with Crippen LogP contribution in [0.5, 0.6) is 11.5 Å². The molecule has 3 N–H and O–H groups in total. The molecule has 0 amide bonds. The number of aromatic nitrogens is 1. The van der Waals surface area contributed by atoms with E-state index in [1.54, 1.807) is 6.07 Å². The Bertz CT molecular complexity index is 1330. The summed E-state index contributed by atoms with van der Waals surface area (Å²) in [6.07, 6.45) is 1.14. The Balaban J connectivity index is 1.62. The molecule has 30 heavy (non-hydrogen) atoms. The molecule has 1 spiro atoms. The van der Waals surface area contributed by atoms with Gasteiger partial charge in [0.2, 0.25) is 0 Å². The lowest BCUT2D eigenvalue weighted by Gasteiger charge is -2.62. The van der Waals surface area contributed by atoms with Crippen molar-refractivity contribution in [1.82, 2.24) is 9.88 Å². The van der Waals surface area contributed by atoms with Crippen LogP contribution in [0.15, 0.2) is 41.2 Å². The summed E-state index contributed by atoms with van der Waals surface area (Å²) in [7, 11) is 2.05. The smallest absolute Gasteiger partial charge is 0.193 e. The molecule has 2 aliphatic carbocycles. The van der Waals surface area contributed by atoms with Crippen molar-refractivity contribution in [3.63, 3.8) is 0 Å². The van der Waals surface area contributed by atoms with Gasteiger partial charge in [-0.3, -0.25) is 4.79 Å². The first kappa shape index (κ1) is 16.9. The van der Waals surface area contributed by atoms with Crippen LogP contribution in [0.1, 0.15) is 34.9 Å². The highest BCUT2D eigenvalue weighted by Crippen LogP contribution is 2.68. The van der Waals surface area contributed by atoms with Gasteiger partial charge in [-0.1, -0.05) is 18.2 Å². The number of aromatic hydroxyl groups is 1. The van der Waals surface area contributed by atoms with Gasteiger partial charge in [-0.15, -0.1) is 0 Å². The van der Waals surface area contributed by atoms with Gasteiger partial charge in [0, 0.05) is 34.5 Å². The minimum atomic E-state index is -1.14. The maximum atomic E-state index is 13.5. The van der Waals surface area contributed by atoms with Crippen LogP contribution < -0.4 is 10.2 Å². The number of pyridine rings is 1.